The van der Waals surface area contributed by atoms with Crippen LogP contribution < -0.4 is 4.90 Å². The third-order valence-electron chi connectivity index (χ3n) is 3.61. The highest BCUT2D eigenvalue weighted by Crippen LogP contribution is 2.39. The van der Waals surface area contributed by atoms with E-state index in [2.05, 4.69) is 0 Å². The van der Waals surface area contributed by atoms with Crippen molar-refractivity contribution < 1.29 is 23.2 Å². The summed E-state index contributed by atoms with van der Waals surface area (Å²) in [6.07, 6.45) is -2.27. The summed E-state index contributed by atoms with van der Waals surface area (Å²) in [5.74, 6) is 0.447. The molecule has 0 aromatic heterocycles. The Labute approximate surface area is 125 Å². The number of anilines is 1. The van der Waals surface area contributed by atoms with Gasteiger partial charge in [0.25, 0.3) is 5.69 Å². The van der Waals surface area contributed by atoms with Crippen molar-refractivity contribution >= 4 is 11.4 Å². The lowest BCUT2D eigenvalue weighted by Gasteiger charge is -2.25. The van der Waals surface area contributed by atoms with Crippen LogP contribution in [0.15, 0.2) is 18.2 Å². The Bertz CT molecular complexity index is 545. The minimum atomic E-state index is -4.78. The van der Waals surface area contributed by atoms with E-state index in [0.29, 0.717) is 31.1 Å². The fourth-order valence-electron chi connectivity index (χ4n) is 2.31. The Kier molecular flexibility index (Phi) is 4.90. The topological polar surface area (TPSA) is 66.6 Å². The molecule has 1 aliphatic carbocycles. The number of alkyl halides is 3. The first kappa shape index (κ1) is 16.5. The molecule has 1 N–H and O–H groups in total. The summed E-state index contributed by atoms with van der Waals surface area (Å²) in [6.45, 7) is 0.970. The highest BCUT2D eigenvalue weighted by Gasteiger charge is 2.39. The van der Waals surface area contributed by atoms with Crippen LogP contribution in [0.5, 0.6) is 0 Å². The molecular weight excluding hydrogens is 301 g/mol. The third-order valence-corrected chi connectivity index (χ3v) is 3.61. The van der Waals surface area contributed by atoms with Crippen molar-refractivity contribution in [3.8, 4) is 0 Å². The van der Waals surface area contributed by atoms with E-state index in [1.54, 1.807) is 4.90 Å². The minimum absolute atomic E-state index is 0.0553. The second-order valence-electron chi connectivity index (χ2n) is 5.42. The monoisotopic (exact) mass is 318 g/mol. The number of benzene rings is 1. The van der Waals surface area contributed by atoms with Gasteiger partial charge in [-0.2, -0.15) is 13.2 Å². The van der Waals surface area contributed by atoms with E-state index < -0.39 is 22.4 Å². The van der Waals surface area contributed by atoms with Gasteiger partial charge in [-0.15, -0.1) is 0 Å². The van der Waals surface area contributed by atoms with Gasteiger partial charge in [0.15, 0.2) is 0 Å². The lowest BCUT2D eigenvalue weighted by atomic mass is 10.1. The number of hydrogen-bond acceptors (Lipinski definition) is 4. The molecule has 2 rings (SSSR count). The Morgan fingerprint density at radius 3 is 2.55 bits per heavy atom. The zero-order valence-corrected chi connectivity index (χ0v) is 11.8. The summed E-state index contributed by atoms with van der Waals surface area (Å²) in [4.78, 5) is 11.5. The average molecular weight is 318 g/mol. The first-order chi connectivity index (χ1) is 10.3. The summed E-state index contributed by atoms with van der Waals surface area (Å²) < 4.78 is 39.0. The van der Waals surface area contributed by atoms with Gasteiger partial charge >= 0.3 is 6.18 Å². The number of rotatable bonds is 7. The van der Waals surface area contributed by atoms with Gasteiger partial charge < -0.3 is 10.0 Å². The van der Waals surface area contributed by atoms with Crippen molar-refractivity contribution in [1.29, 1.82) is 0 Å². The quantitative estimate of drug-likeness (QED) is 0.619. The molecule has 0 bridgehead atoms. The number of halogens is 3. The number of nitrogens with zero attached hydrogens (tertiary/aromatic N) is 2. The first-order valence-corrected chi connectivity index (χ1v) is 7.04. The van der Waals surface area contributed by atoms with Crippen molar-refractivity contribution in [3.63, 3.8) is 0 Å². The summed E-state index contributed by atoms with van der Waals surface area (Å²) in [5, 5.41) is 19.7. The molecule has 1 saturated carbocycles. The average Bonchev–Trinajstić information content (AvgIpc) is 3.25. The van der Waals surface area contributed by atoms with Gasteiger partial charge in [-0.05, 0) is 37.3 Å². The SMILES string of the molecule is O=[N+]([O-])c1ccc(N(CCCO)CC2CC2)cc1C(F)(F)F. The number of nitro benzene ring substituents is 1. The zero-order valence-electron chi connectivity index (χ0n) is 11.8. The molecular formula is C14H17F3N2O3. The van der Waals surface area contributed by atoms with Crippen LogP contribution in [0.3, 0.4) is 0 Å². The number of aliphatic hydroxyl groups is 1. The van der Waals surface area contributed by atoms with E-state index in [-0.39, 0.29) is 6.61 Å². The Hall–Kier alpha value is -1.83. The lowest BCUT2D eigenvalue weighted by molar-refractivity contribution is -0.388. The molecule has 0 atom stereocenters. The molecule has 5 nitrogen and oxygen atoms in total. The van der Waals surface area contributed by atoms with E-state index in [9.17, 15) is 23.3 Å². The van der Waals surface area contributed by atoms with Crippen LogP contribution >= 0.6 is 0 Å². The summed E-state index contributed by atoms with van der Waals surface area (Å²) in [5.41, 5.74) is -1.87. The van der Waals surface area contributed by atoms with Gasteiger partial charge in [0.05, 0.1) is 4.92 Å². The maximum absolute atomic E-state index is 13.0. The first-order valence-electron chi connectivity index (χ1n) is 7.04. The van der Waals surface area contributed by atoms with E-state index in [1.165, 1.54) is 6.07 Å². The maximum atomic E-state index is 13.0. The molecule has 122 valence electrons. The van der Waals surface area contributed by atoms with Crippen molar-refractivity contribution in [2.45, 2.75) is 25.4 Å². The van der Waals surface area contributed by atoms with Crippen LogP contribution in [0, 0.1) is 16.0 Å². The molecule has 0 spiro atoms. The van der Waals surface area contributed by atoms with Gasteiger partial charge in [0, 0.05) is 31.5 Å². The van der Waals surface area contributed by atoms with E-state index in [0.717, 1.165) is 25.0 Å². The normalized spacial score (nSPS) is 14.9. The van der Waals surface area contributed by atoms with Crippen molar-refractivity contribution in [1.82, 2.24) is 0 Å². The number of hydrogen-bond donors (Lipinski definition) is 1. The number of nitro groups is 1. The molecule has 8 heteroatoms. The van der Waals surface area contributed by atoms with Gasteiger partial charge in [-0.3, -0.25) is 10.1 Å². The summed E-state index contributed by atoms with van der Waals surface area (Å²) in [7, 11) is 0. The molecule has 0 radical (unpaired) electrons. The summed E-state index contributed by atoms with van der Waals surface area (Å²) >= 11 is 0. The van der Waals surface area contributed by atoms with Crippen LogP contribution in [0.4, 0.5) is 24.5 Å². The minimum Gasteiger partial charge on any atom is -0.396 e. The molecule has 0 saturated heterocycles. The lowest BCUT2D eigenvalue weighted by Crippen LogP contribution is -2.28. The smallest absolute Gasteiger partial charge is 0.396 e. The van der Waals surface area contributed by atoms with Crippen LogP contribution in [-0.2, 0) is 6.18 Å². The standard InChI is InChI=1S/C14H17F3N2O3/c15-14(16,17)12-8-11(4-5-13(12)19(21)22)18(6-1-7-20)9-10-2-3-10/h4-5,8,10,20H,1-3,6-7,9H2. The van der Waals surface area contributed by atoms with Gasteiger partial charge in [-0.25, -0.2) is 0 Å². The van der Waals surface area contributed by atoms with Gasteiger partial charge in [0.2, 0.25) is 0 Å². The van der Waals surface area contributed by atoms with Crippen LogP contribution in [0.25, 0.3) is 0 Å². The molecule has 0 unspecified atom stereocenters. The molecule has 1 aromatic carbocycles. The van der Waals surface area contributed by atoms with Crippen LogP contribution in [-0.4, -0.2) is 29.7 Å². The molecule has 1 aliphatic rings. The largest absolute Gasteiger partial charge is 0.423 e. The summed E-state index contributed by atoms with van der Waals surface area (Å²) in [6, 6.07) is 3.07. The Morgan fingerprint density at radius 1 is 1.36 bits per heavy atom. The maximum Gasteiger partial charge on any atom is 0.423 e. The van der Waals surface area contributed by atoms with Gasteiger partial charge in [-0.1, -0.05) is 0 Å². The van der Waals surface area contributed by atoms with E-state index >= 15 is 0 Å². The Balaban J connectivity index is 2.33. The molecule has 0 heterocycles. The molecule has 0 amide bonds. The Morgan fingerprint density at radius 2 is 2.05 bits per heavy atom. The van der Waals surface area contributed by atoms with Crippen molar-refractivity contribution in [2.24, 2.45) is 5.92 Å². The van der Waals surface area contributed by atoms with E-state index in [1.807, 2.05) is 0 Å². The fourth-order valence-corrected chi connectivity index (χ4v) is 2.31. The van der Waals surface area contributed by atoms with E-state index in [4.69, 9.17) is 5.11 Å². The predicted octanol–water partition coefficient (Wildman–Crippen LogP) is 3.21. The van der Waals surface area contributed by atoms with Crippen molar-refractivity contribution in [3.05, 3.63) is 33.9 Å². The highest BCUT2D eigenvalue weighted by atomic mass is 19.4. The molecule has 1 fully saturated rings. The van der Waals surface area contributed by atoms with Crippen LogP contribution in [0.1, 0.15) is 24.8 Å². The number of aliphatic hydroxyl groups excluding tert-OH is 1. The van der Waals surface area contributed by atoms with Crippen molar-refractivity contribution in [2.75, 3.05) is 24.6 Å². The fraction of sp³-hybridized carbons (Fsp3) is 0.571. The second kappa shape index (κ2) is 6.51. The predicted molar refractivity (Wildman–Crippen MR) is 74.7 cm³/mol. The zero-order chi connectivity index (χ0) is 16.3. The molecule has 1 aromatic rings. The second-order valence-corrected chi connectivity index (χ2v) is 5.42. The highest BCUT2D eigenvalue weighted by molar-refractivity contribution is 5.56. The van der Waals surface area contributed by atoms with Gasteiger partial charge in [0.1, 0.15) is 5.56 Å². The molecule has 22 heavy (non-hydrogen) atoms. The third kappa shape index (κ3) is 4.09. The van der Waals surface area contributed by atoms with Crippen LogP contribution in [0.2, 0.25) is 0 Å². The molecule has 0 aliphatic heterocycles.